The van der Waals surface area contributed by atoms with Crippen molar-refractivity contribution < 1.29 is 4.79 Å². The molecule has 0 spiro atoms. The molecule has 1 aliphatic heterocycles. The first-order valence-electron chi connectivity index (χ1n) is 9.03. The number of hydrogen-bond donors (Lipinski definition) is 0. The van der Waals surface area contributed by atoms with Crippen LogP contribution in [0.1, 0.15) is 38.2 Å². The molecule has 3 rings (SSSR count). The highest BCUT2D eigenvalue weighted by Gasteiger charge is 2.31. The molecule has 0 N–H and O–H groups in total. The second-order valence-electron chi connectivity index (χ2n) is 6.85. The monoisotopic (exact) mass is 325 g/mol. The molecule has 2 unspecified atom stereocenters. The molecular formula is C20H27N3O. The van der Waals surface area contributed by atoms with Crippen LogP contribution in [0.4, 0.5) is 0 Å². The fraction of sp³-hybridized carbons (Fsp3) is 0.500. The average Bonchev–Trinajstić information content (AvgIpc) is 3.13. The van der Waals surface area contributed by atoms with Gasteiger partial charge in [-0.05, 0) is 37.2 Å². The molecule has 1 aromatic carbocycles. The number of nitrogens with zero attached hydrogens (tertiary/aromatic N) is 3. The summed E-state index contributed by atoms with van der Waals surface area (Å²) in [6.07, 6.45) is 10.5. The third-order valence-corrected chi connectivity index (χ3v) is 5.15. The van der Waals surface area contributed by atoms with Crippen LogP contribution in [0.15, 0.2) is 49.1 Å². The number of aryl methyl sites for hydroxylation is 2. The molecule has 0 saturated carbocycles. The lowest BCUT2D eigenvalue weighted by Gasteiger charge is -2.40. The third-order valence-electron chi connectivity index (χ3n) is 5.15. The number of carbonyl (C=O) groups is 1. The molecule has 0 aliphatic carbocycles. The number of amides is 1. The maximum atomic E-state index is 12.8. The van der Waals surface area contributed by atoms with Crippen LogP contribution in [-0.4, -0.2) is 32.9 Å². The summed E-state index contributed by atoms with van der Waals surface area (Å²) in [6.45, 7) is 4.12. The lowest BCUT2D eigenvalue weighted by Crippen LogP contribution is -2.48. The molecule has 1 amide bonds. The van der Waals surface area contributed by atoms with Crippen LogP contribution in [0.3, 0.4) is 0 Å². The quantitative estimate of drug-likeness (QED) is 0.815. The topological polar surface area (TPSA) is 38.1 Å². The zero-order valence-corrected chi connectivity index (χ0v) is 14.5. The number of imidazole rings is 1. The number of hydrogen-bond acceptors (Lipinski definition) is 2. The van der Waals surface area contributed by atoms with Gasteiger partial charge in [0.1, 0.15) is 0 Å². The summed E-state index contributed by atoms with van der Waals surface area (Å²) >= 11 is 0. The molecule has 2 heterocycles. The van der Waals surface area contributed by atoms with E-state index in [1.54, 1.807) is 0 Å². The summed E-state index contributed by atoms with van der Waals surface area (Å²) < 4.78 is 2.11. The number of likely N-dealkylation sites (tertiary alicyclic amines) is 1. The Morgan fingerprint density at radius 3 is 2.88 bits per heavy atom. The van der Waals surface area contributed by atoms with E-state index >= 15 is 0 Å². The van der Waals surface area contributed by atoms with E-state index in [0.29, 0.717) is 24.3 Å². The highest BCUT2D eigenvalue weighted by atomic mass is 16.2. The van der Waals surface area contributed by atoms with E-state index in [9.17, 15) is 4.79 Å². The molecule has 4 nitrogen and oxygen atoms in total. The Labute approximate surface area is 144 Å². The summed E-state index contributed by atoms with van der Waals surface area (Å²) in [4.78, 5) is 19.0. The Hall–Kier alpha value is -2.10. The first-order chi connectivity index (χ1) is 11.7. The second kappa shape index (κ2) is 8.13. The first-order valence-corrected chi connectivity index (χ1v) is 9.03. The predicted molar refractivity (Wildman–Crippen MR) is 95.5 cm³/mol. The molecule has 0 bridgehead atoms. The fourth-order valence-corrected chi connectivity index (χ4v) is 3.74. The van der Waals surface area contributed by atoms with E-state index in [0.717, 1.165) is 32.4 Å². The third kappa shape index (κ3) is 4.25. The molecule has 24 heavy (non-hydrogen) atoms. The maximum absolute atomic E-state index is 12.8. The largest absolute Gasteiger partial charge is 0.339 e. The second-order valence-corrected chi connectivity index (χ2v) is 6.85. The van der Waals surface area contributed by atoms with Gasteiger partial charge in [0.15, 0.2) is 0 Å². The highest BCUT2D eigenvalue weighted by molar-refractivity contribution is 5.77. The normalized spacial score (nSPS) is 21.0. The summed E-state index contributed by atoms with van der Waals surface area (Å²) in [5.41, 5.74) is 1.24. The molecule has 1 fully saturated rings. The Balaban J connectivity index is 1.58. The average molecular weight is 325 g/mol. The fourth-order valence-electron chi connectivity index (χ4n) is 3.74. The van der Waals surface area contributed by atoms with Crippen molar-refractivity contribution in [2.75, 3.05) is 6.54 Å². The van der Waals surface area contributed by atoms with Crippen molar-refractivity contribution in [3.05, 3.63) is 54.6 Å². The number of benzene rings is 1. The van der Waals surface area contributed by atoms with Gasteiger partial charge in [-0.1, -0.05) is 37.3 Å². The molecular weight excluding hydrogens is 298 g/mol. The van der Waals surface area contributed by atoms with Crippen molar-refractivity contribution >= 4 is 5.91 Å². The molecule has 128 valence electrons. The minimum absolute atomic E-state index is 0.307. The van der Waals surface area contributed by atoms with Crippen LogP contribution in [0.25, 0.3) is 0 Å². The first kappa shape index (κ1) is 16.7. The lowest BCUT2D eigenvalue weighted by molar-refractivity contribution is -0.136. The van der Waals surface area contributed by atoms with Crippen molar-refractivity contribution in [1.29, 1.82) is 0 Å². The van der Waals surface area contributed by atoms with Crippen LogP contribution in [-0.2, 0) is 17.8 Å². The van der Waals surface area contributed by atoms with Crippen LogP contribution in [0.2, 0.25) is 0 Å². The Morgan fingerprint density at radius 2 is 2.12 bits per heavy atom. The summed E-state index contributed by atoms with van der Waals surface area (Å²) in [6, 6.07) is 10.6. The zero-order chi connectivity index (χ0) is 16.8. The van der Waals surface area contributed by atoms with Gasteiger partial charge in [-0.25, -0.2) is 4.98 Å². The van der Waals surface area contributed by atoms with E-state index in [-0.39, 0.29) is 0 Å². The number of carbonyl (C=O) groups excluding carboxylic acids is 1. The van der Waals surface area contributed by atoms with Crippen molar-refractivity contribution in [2.45, 2.75) is 51.6 Å². The van der Waals surface area contributed by atoms with Crippen molar-refractivity contribution in [3.63, 3.8) is 0 Å². The number of piperidine rings is 1. The molecule has 1 aliphatic rings. The molecule has 2 aromatic rings. The van der Waals surface area contributed by atoms with Gasteiger partial charge in [0.25, 0.3) is 0 Å². The summed E-state index contributed by atoms with van der Waals surface area (Å²) in [5.74, 6) is 0.879. The molecule has 0 radical (unpaired) electrons. The smallest absolute Gasteiger partial charge is 0.223 e. The number of aromatic nitrogens is 2. The van der Waals surface area contributed by atoms with Gasteiger partial charge in [-0.3, -0.25) is 4.79 Å². The van der Waals surface area contributed by atoms with Crippen molar-refractivity contribution in [3.8, 4) is 0 Å². The molecule has 1 aromatic heterocycles. The van der Waals surface area contributed by atoms with E-state index < -0.39 is 0 Å². The van der Waals surface area contributed by atoms with E-state index in [4.69, 9.17) is 0 Å². The minimum atomic E-state index is 0.307. The SMILES string of the molecule is CC1CCCN(C(=O)CCc2ccccc2)C1CCn1ccnc1. The van der Waals surface area contributed by atoms with Gasteiger partial charge in [0.05, 0.1) is 6.33 Å². The van der Waals surface area contributed by atoms with Gasteiger partial charge in [0, 0.05) is 37.9 Å². The lowest BCUT2D eigenvalue weighted by atomic mass is 9.88. The summed E-state index contributed by atoms with van der Waals surface area (Å²) in [5, 5.41) is 0. The number of rotatable bonds is 6. The van der Waals surface area contributed by atoms with Gasteiger partial charge in [-0.2, -0.15) is 0 Å². The summed E-state index contributed by atoms with van der Waals surface area (Å²) in [7, 11) is 0. The minimum Gasteiger partial charge on any atom is -0.339 e. The van der Waals surface area contributed by atoms with Gasteiger partial charge >= 0.3 is 0 Å². The van der Waals surface area contributed by atoms with Gasteiger partial charge in [-0.15, -0.1) is 0 Å². The van der Waals surface area contributed by atoms with Gasteiger partial charge < -0.3 is 9.47 Å². The molecule has 4 heteroatoms. The van der Waals surface area contributed by atoms with Crippen LogP contribution in [0.5, 0.6) is 0 Å². The Morgan fingerprint density at radius 1 is 1.29 bits per heavy atom. The maximum Gasteiger partial charge on any atom is 0.223 e. The Bertz CT molecular complexity index is 624. The predicted octanol–water partition coefficient (Wildman–Crippen LogP) is 3.53. The van der Waals surface area contributed by atoms with Crippen molar-refractivity contribution in [2.24, 2.45) is 5.92 Å². The Kier molecular flexibility index (Phi) is 5.68. The van der Waals surface area contributed by atoms with Crippen LogP contribution < -0.4 is 0 Å². The standard InChI is InChI=1S/C20H27N3O/c1-17-6-5-13-23(19(17)11-14-22-15-12-21-16-22)20(24)10-9-18-7-3-2-4-8-18/h2-4,7-8,12,15-17,19H,5-6,9-11,13-14H2,1H3. The molecule has 1 saturated heterocycles. The van der Waals surface area contributed by atoms with Gasteiger partial charge in [0.2, 0.25) is 5.91 Å². The highest BCUT2D eigenvalue weighted by Crippen LogP contribution is 2.27. The van der Waals surface area contributed by atoms with Crippen LogP contribution >= 0.6 is 0 Å². The van der Waals surface area contributed by atoms with E-state index in [2.05, 4.69) is 33.5 Å². The van der Waals surface area contributed by atoms with Crippen LogP contribution in [0, 0.1) is 5.92 Å². The van der Waals surface area contributed by atoms with Crippen molar-refractivity contribution in [1.82, 2.24) is 14.5 Å². The molecule has 2 atom stereocenters. The zero-order valence-electron chi connectivity index (χ0n) is 14.5. The van der Waals surface area contributed by atoms with E-state index in [1.807, 2.05) is 36.9 Å². The van der Waals surface area contributed by atoms with E-state index in [1.165, 1.54) is 12.0 Å².